The van der Waals surface area contributed by atoms with Gasteiger partial charge in [-0.15, -0.1) is 0 Å². The quantitative estimate of drug-likeness (QED) is 0.529. The van der Waals surface area contributed by atoms with Crippen LogP contribution < -0.4 is 9.62 Å². The molecular formula is C27H39N3O4S. The van der Waals surface area contributed by atoms with Crippen LogP contribution in [0.2, 0.25) is 0 Å². The standard InChI is InChI=1S/C27H39N3O4S/c1-20-15-16-21(2)24(18-20)30(35(7,33)34)17-11-14-25(31)29(19-23-12-9-8-10-13-23)22(3)26(32)28-27(4,5)6/h8-10,12-13,15-16,18,22H,11,14,17,19H2,1-7H3,(H,28,32)/t22-/m1/s1. The zero-order valence-corrected chi connectivity index (χ0v) is 22.8. The van der Waals surface area contributed by atoms with Gasteiger partial charge in [0.25, 0.3) is 0 Å². The Kier molecular flexibility index (Phi) is 9.49. The second-order valence-corrected chi connectivity index (χ2v) is 12.1. The van der Waals surface area contributed by atoms with E-state index in [-0.39, 0.29) is 24.8 Å². The van der Waals surface area contributed by atoms with Crippen LogP contribution in [-0.4, -0.2) is 49.5 Å². The molecule has 0 aliphatic carbocycles. The first-order valence-electron chi connectivity index (χ1n) is 11.9. The van der Waals surface area contributed by atoms with Crippen molar-refractivity contribution in [1.29, 1.82) is 0 Å². The predicted octanol–water partition coefficient (Wildman–Crippen LogP) is 4.18. The van der Waals surface area contributed by atoms with E-state index in [0.29, 0.717) is 18.7 Å². The lowest BCUT2D eigenvalue weighted by molar-refractivity contribution is -0.141. The van der Waals surface area contributed by atoms with Crippen molar-refractivity contribution in [3.63, 3.8) is 0 Å². The van der Waals surface area contributed by atoms with E-state index in [4.69, 9.17) is 0 Å². The van der Waals surface area contributed by atoms with E-state index in [1.165, 1.54) is 10.6 Å². The van der Waals surface area contributed by atoms with Crippen LogP contribution in [0.5, 0.6) is 0 Å². The van der Waals surface area contributed by atoms with Crippen LogP contribution in [0.3, 0.4) is 0 Å². The minimum atomic E-state index is -3.53. The van der Waals surface area contributed by atoms with Crippen LogP contribution in [0, 0.1) is 13.8 Å². The number of sulfonamides is 1. The predicted molar refractivity (Wildman–Crippen MR) is 142 cm³/mol. The topological polar surface area (TPSA) is 86.8 Å². The number of benzene rings is 2. The van der Waals surface area contributed by atoms with Crippen molar-refractivity contribution in [2.24, 2.45) is 0 Å². The molecule has 0 heterocycles. The molecular weight excluding hydrogens is 462 g/mol. The number of aryl methyl sites for hydroxylation is 2. The Hall–Kier alpha value is -2.87. The number of carbonyl (C=O) groups is 2. The van der Waals surface area contributed by atoms with Crippen LogP contribution in [0.4, 0.5) is 5.69 Å². The van der Waals surface area contributed by atoms with Crippen LogP contribution in [-0.2, 0) is 26.2 Å². The second-order valence-electron chi connectivity index (χ2n) is 10.2. The molecule has 0 bridgehead atoms. The number of nitrogens with one attached hydrogen (secondary N) is 1. The van der Waals surface area contributed by atoms with Crippen molar-refractivity contribution in [2.75, 3.05) is 17.1 Å². The minimum Gasteiger partial charge on any atom is -0.350 e. The lowest BCUT2D eigenvalue weighted by Gasteiger charge is -2.32. The van der Waals surface area contributed by atoms with Crippen LogP contribution in [0.1, 0.15) is 57.2 Å². The zero-order chi connectivity index (χ0) is 26.4. The summed E-state index contributed by atoms with van der Waals surface area (Å²) in [5.74, 6) is -0.422. The zero-order valence-electron chi connectivity index (χ0n) is 22.0. The molecule has 0 radical (unpaired) electrons. The van der Waals surface area contributed by atoms with Gasteiger partial charge in [0.15, 0.2) is 0 Å². The van der Waals surface area contributed by atoms with Crippen molar-refractivity contribution in [3.05, 3.63) is 65.2 Å². The maximum absolute atomic E-state index is 13.3. The van der Waals surface area contributed by atoms with E-state index in [2.05, 4.69) is 5.32 Å². The summed E-state index contributed by atoms with van der Waals surface area (Å²) in [4.78, 5) is 27.8. The summed E-state index contributed by atoms with van der Waals surface area (Å²) in [6.07, 6.45) is 1.63. The number of hydrogen-bond donors (Lipinski definition) is 1. The van der Waals surface area contributed by atoms with E-state index >= 15 is 0 Å². The van der Waals surface area contributed by atoms with E-state index in [1.807, 2.05) is 83.1 Å². The molecule has 1 N–H and O–H groups in total. The SMILES string of the molecule is Cc1ccc(C)c(N(CCCC(=O)N(Cc2ccccc2)[C@H](C)C(=O)NC(C)(C)C)S(C)(=O)=O)c1. The van der Waals surface area contributed by atoms with Gasteiger partial charge in [-0.3, -0.25) is 13.9 Å². The van der Waals surface area contributed by atoms with Gasteiger partial charge in [-0.1, -0.05) is 42.5 Å². The molecule has 7 nitrogen and oxygen atoms in total. The highest BCUT2D eigenvalue weighted by molar-refractivity contribution is 7.92. The molecule has 8 heteroatoms. The first-order chi connectivity index (χ1) is 16.2. The summed E-state index contributed by atoms with van der Waals surface area (Å²) in [7, 11) is -3.53. The van der Waals surface area contributed by atoms with Gasteiger partial charge in [0.1, 0.15) is 6.04 Å². The summed E-state index contributed by atoms with van der Waals surface area (Å²) < 4.78 is 26.5. The Morgan fingerprint density at radius 3 is 2.23 bits per heavy atom. The van der Waals surface area contributed by atoms with Gasteiger partial charge >= 0.3 is 0 Å². The van der Waals surface area contributed by atoms with Gasteiger partial charge in [-0.25, -0.2) is 8.42 Å². The highest BCUT2D eigenvalue weighted by atomic mass is 32.2. The Morgan fingerprint density at radius 1 is 1.03 bits per heavy atom. The molecule has 0 fully saturated rings. The summed E-state index contributed by atoms with van der Waals surface area (Å²) in [6.45, 7) is 11.7. The summed E-state index contributed by atoms with van der Waals surface area (Å²) in [5, 5.41) is 2.95. The largest absolute Gasteiger partial charge is 0.350 e. The third-order valence-corrected chi connectivity index (χ3v) is 6.83. The van der Waals surface area contributed by atoms with E-state index in [0.717, 1.165) is 16.7 Å². The second kappa shape index (κ2) is 11.7. The molecule has 35 heavy (non-hydrogen) atoms. The lowest BCUT2D eigenvalue weighted by atomic mass is 10.1. The Morgan fingerprint density at radius 2 is 1.66 bits per heavy atom. The summed E-state index contributed by atoms with van der Waals surface area (Å²) in [5.41, 5.74) is 2.94. The third-order valence-electron chi connectivity index (χ3n) is 5.65. The Bertz CT molecular complexity index is 1120. The van der Waals surface area contributed by atoms with Crippen LogP contribution >= 0.6 is 0 Å². The third kappa shape index (κ3) is 8.69. The van der Waals surface area contributed by atoms with E-state index in [9.17, 15) is 18.0 Å². The molecule has 0 aliphatic rings. The number of nitrogens with zero attached hydrogens (tertiary/aromatic N) is 2. The van der Waals surface area contributed by atoms with Gasteiger partial charge < -0.3 is 10.2 Å². The maximum atomic E-state index is 13.3. The minimum absolute atomic E-state index is 0.122. The number of anilines is 1. The van der Waals surface area contributed by atoms with Gasteiger partial charge in [-0.05, 0) is 70.7 Å². The molecule has 2 aromatic carbocycles. The maximum Gasteiger partial charge on any atom is 0.242 e. The van der Waals surface area contributed by atoms with Crippen molar-refractivity contribution >= 4 is 27.5 Å². The van der Waals surface area contributed by atoms with Crippen LogP contribution in [0.25, 0.3) is 0 Å². The summed E-state index contributed by atoms with van der Waals surface area (Å²) in [6, 6.07) is 14.5. The first kappa shape index (κ1) is 28.4. The first-order valence-corrected chi connectivity index (χ1v) is 13.7. The fraction of sp³-hybridized carbons (Fsp3) is 0.481. The molecule has 0 unspecified atom stereocenters. The molecule has 2 rings (SSSR count). The molecule has 0 spiro atoms. The fourth-order valence-corrected chi connectivity index (χ4v) is 4.82. The van der Waals surface area contributed by atoms with Gasteiger partial charge in [0.2, 0.25) is 21.8 Å². The van der Waals surface area contributed by atoms with E-state index < -0.39 is 21.6 Å². The lowest BCUT2D eigenvalue weighted by Crippen LogP contribution is -2.52. The van der Waals surface area contributed by atoms with E-state index in [1.54, 1.807) is 11.8 Å². The number of rotatable bonds is 10. The fourth-order valence-electron chi connectivity index (χ4n) is 3.81. The smallest absolute Gasteiger partial charge is 0.242 e. The number of carbonyl (C=O) groups excluding carboxylic acids is 2. The normalized spacial score (nSPS) is 12.7. The molecule has 2 aromatic rings. The number of amides is 2. The van der Waals surface area contributed by atoms with Crippen LogP contribution in [0.15, 0.2) is 48.5 Å². The molecule has 1 atom stereocenters. The molecule has 2 amide bonds. The van der Waals surface area contributed by atoms with Gasteiger partial charge in [-0.2, -0.15) is 0 Å². The van der Waals surface area contributed by atoms with Gasteiger partial charge in [0, 0.05) is 25.0 Å². The molecule has 192 valence electrons. The Balaban J connectivity index is 2.20. The molecule has 0 saturated heterocycles. The molecule has 0 aliphatic heterocycles. The van der Waals surface area contributed by atoms with Crippen molar-refractivity contribution < 1.29 is 18.0 Å². The highest BCUT2D eigenvalue weighted by Crippen LogP contribution is 2.24. The Labute approximate surface area is 210 Å². The highest BCUT2D eigenvalue weighted by Gasteiger charge is 2.28. The monoisotopic (exact) mass is 501 g/mol. The average Bonchev–Trinajstić information content (AvgIpc) is 2.75. The van der Waals surface area contributed by atoms with Crippen molar-refractivity contribution in [3.8, 4) is 0 Å². The molecule has 0 aromatic heterocycles. The van der Waals surface area contributed by atoms with Gasteiger partial charge in [0.05, 0.1) is 11.9 Å². The molecule has 0 saturated carbocycles. The average molecular weight is 502 g/mol. The number of hydrogen-bond acceptors (Lipinski definition) is 4. The summed E-state index contributed by atoms with van der Waals surface area (Å²) >= 11 is 0. The van der Waals surface area contributed by atoms with Crippen molar-refractivity contribution in [1.82, 2.24) is 10.2 Å². The van der Waals surface area contributed by atoms with Crippen molar-refractivity contribution in [2.45, 2.75) is 72.5 Å².